The Morgan fingerprint density at radius 3 is 2.54 bits per heavy atom. The highest BCUT2D eigenvalue weighted by Crippen LogP contribution is 2.31. The van der Waals surface area contributed by atoms with Crippen LogP contribution in [0.2, 0.25) is 10.0 Å². The third kappa shape index (κ3) is 6.58. The first-order chi connectivity index (χ1) is 16.8. The number of hydrogen-bond acceptors (Lipinski definition) is 4. The van der Waals surface area contributed by atoms with Crippen LogP contribution in [-0.4, -0.2) is 40.7 Å². The van der Waals surface area contributed by atoms with Gasteiger partial charge in [-0.3, -0.25) is 4.79 Å². The zero-order chi connectivity index (χ0) is 24.9. The molecule has 0 unspecified atom stereocenters. The lowest BCUT2D eigenvalue weighted by Gasteiger charge is -2.32. The standard InChI is InChI=1S/C25H27Cl2N3O5/c26-20-2-1-3-21(23(20)27)29-24(33)28-18-7-6-17-14-30(11-10-16(17)13-18)25(34)35-19-8-4-15(5-9-19)12-22(31)32/h1-3,6-7,13,15,19H,4-5,8-12,14H2,(H,31,32)(H2,28,29,33)/t15-,19-. The largest absolute Gasteiger partial charge is 0.481 e. The van der Waals surface area contributed by atoms with Crippen molar-refractivity contribution < 1.29 is 24.2 Å². The Kier molecular flexibility index (Phi) is 8.03. The van der Waals surface area contributed by atoms with Gasteiger partial charge >= 0.3 is 18.1 Å². The number of hydrogen-bond donors (Lipinski definition) is 3. The minimum Gasteiger partial charge on any atom is -0.481 e. The second kappa shape index (κ2) is 11.2. The average molecular weight is 520 g/mol. The van der Waals surface area contributed by atoms with Gasteiger partial charge in [-0.1, -0.05) is 35.3 Å². The molecule has 0 atom stereocenters. The van der Waals surface area contributed by atoms with E-state index in [2.05, 4.69) is 10.6 Å². The summed E-state index contributed by atoms with van der Waals surface area (Å²) < 4.78 is 5.70. The Morgan fingerprint density at radius 2 is 1.80 bits per heavy atom. The molecule has 8 nitrogen and oxygen atoms in total. The molecule has 1 fully saturated rings. The summed E-state index contributed by atoms with van der Waals surface area (Å²) in [5.74, 6) is -0.612. The van der Waals surface area contributed by atoms with E-state index in [1.807, 2.05) is 12.1 Å². The number of fused-ring (bicyclic) bond motifs is 1. The summed E-state index contributed by atoms with van der Waals surface area (Å²) in [7, 11) is 0. The van der Waals surface area contributed by atoms with E-state index in [1.165, 1.54) is 0 Å². The number of carbonyl (C=O) groups is 3. The van der Waals surface area contributed by atoms with Gasteiger partial charge in [0.1, 0.15) is 6.10 Å². The first kappa shape index (κ1) is 25.1. The van der Waals surface area contributed by atoms with Crippen molar-refractivity contribution >= 4 is 52.7 Å². The molecule has 3 amide bonds. The zero-order valence-electron chi connectivity index (χ0n) is 19.1. The Labute approximate surface area is 213 Å². The van der Waals surface area contributed by atoms with Gasteiger partial charge in [0.2, 0.25) is 0 Å². The molecule has 10 heteroatoms. The monoisotopic (exact) mass is 519 g/mol. The molecular weight excluding hydrogens is 493 g/mol. The van der Waals surface area contributed by atoms with Crippen LogP contribution in [0, 0.1) is 5.92 Å². The second-order valence-corrected chi connectivity index (χ2v) is 9.75. The summed E-state index contributed by atoms with van der Waals surface area (Å²) in [6.45, 7) is 0.959. The van der Waals surface area contributed by atoms with Crippen molar-refractivity contribution in [2.24, 2.45) is 5.92 Å². The number of aliphatic carboxylic acids is 1. The van der Waals surface area contributed by atoms with E-state index in [9.17, 15) is 14.4 Å². The molecule has 0 bridgehead atoms. The molecule has 4 rings (SSSR count). The Bertz CT molecular complexity index is 1120. The molecule has 186 valence electrons. The van der Waals surface area contributed by atoms with Crippen LogP contribution in [0.3, 0.4) is 0 Å². The van der Waals surface area contributed by atoms with E-state index in [4.69, 9.17) is 33.0 Å². The second-order valence-electron chi connectivity index (χ2n) is 8.96. The Balaban J connectivity index is 1.28. The lowest BCUT2D eigenvalue weighted by atomic mass is 9.85. The van der Waals surface area contributed by atoms with E-state index in [1.54, 1.807) is 29.2 Å². The van der Waals surface area contributed by atoms with Gasteiger partial charge in [0.05, 0.1) is 15.7 Å². The number of carbonyl (C=O) groups excluding carboxylic acids is 2. The lowest BCUT2D eigenvalue weighted by molar-refractivity contribution is -0.138. The van der Waals surface area contributed by atoms with Gasteiger partial charge in [-0.2, -0.15) is 0 Å². The minimum atomic E-state index is -0.776. The van der Waals surface area contributed by atoms with E-state index in [0.29, 0.717) is 48.7 Å². The third-order valence-electron chi connectivity index (χ3n) is 6.46. The fourth-order valence-corrected chi connectivity index (χ4v) is 4.94. The topological polar surface area (TPSA) is 108 Å². The molecule has 2 aromatic carbocycles. The number of rotatable bonds is 5. The molecule has 0 spiro atoms. The fraction of sp³-hybridized carbons (Fsp3) is 0.400. The van der Waals surface area contributed by atoms with Crippen LogP contribution >= 0.6 is 23.2 Å². The normalized spacial score (nSPS) is 19.4. The maximum Gasteiger partial charge on any atom is 0.410 e. The maximum atomic E-state index is 12.7. The van der Waals surface area contributed by atoms with Crippen molar-refractivity contribution in [2.75, 3.05) is 17.2 Å². The summed E-state index contributed by atoms with van der Waals surface area (Å²) in [6.07, 6.45) is 3.25. The molecule has 1 aliphatic carbocycles. The number of anilines is 2. The molecule has 0 aromatic heterocycles. The molecule has 1 aliphatic heterocycles. The minimum absolute atomic E-state index is 0.160. The highest BCUT2D eigenvalue weighted by atomic mass is 35.5. The number of nitrogens with one attached hydrogen (secondary N) is 2. The van der Waals surface area contributed by atoms with Crippen molar-refractivity contribution in [3.05, 3.63) is 57.6 Å². The summed E-state index contributed by atoms with van der Waals surface area (Å²) in [5.41, 5.74) is 3.11. The van der Waals surface area contributed by atoms with Crippen LogP contribution in [0.5, 0.6) is 0 Å². The molecule has 0 radical (unpaired) electrons. The van der Waals surface area contributed by atoms with E-state index in [0.717, 1.165) is 24.0 Å². The molecule has 2 aromatic rings. The summed E-state index contributed by atoms with van der Waals surface area (Å²) in [4.78, 5) is 37.7. The summed E-state index contributed by atoms with van der Waals surface area (Å²) in [5, 5.41) is 15.1. The van der Waals surface area contributed by atoms with Gasteiger partial charge in [-0.15, -0.1) is 0 Å². The number of carboxylic acids is 1. The van der Waals surface area contributed by atoms with E-state index >= 15 is 0 Å². The molecule has 2 aliphatic rings. The fourth-order valence-electron chi connectivity index (χ4n) is 4.59. The van der Waals surface area contributed by atoms with Gasteiger partial charge in [-0.25, -0.2) is 9.59 Å². The number of carboxylic acid groups (broad SMARTS) is 1. The van der Waals surface area contributed by atoms with Crippen molar-refractivity contribution in [1.82, 2.24) is 4.90 Å². The number of ether oxygens (including phenoxy) is 1. The van der Waals surface area contributed by atoms with Crippen LogP contribution < -0.4 is 10.6 Å². The van der Waals surface area contributed by atoms with Gasteiger partial charge in [-0.05, 0) is 73.4 Å². The van der Waals surface area contributed by atoms with Crippen molar-refractivity contribution in [3.8, 4) is 0 Å². The number of halogens is 2. The molecule has 1 heterocycles. The zero-order valence-corrected chi connectivity index (χ0v) is 20.6. The van der Waals surface area contributed by atoms with Crippen LogP contribution in [-0.2, 0) is 22.5 Å². The number of urea groups is 1. The molecular formula is C25H27Cl2N3O5. The van der Waals surface area contributed by atoms with E-state index < -0.39 is 12.0 Å². The van der Waals surface area contributed by atoms with Gasteiger partial charge < -0.3 is 25.4 Å². The predicted molar refractivity (Wildman–Crippen MR) is 134 cm³/mol. The number of amides is 3. The molecule has 1 saturated carbocycles. The van der Waals surface area contributed by atoms with E-state index in [-0.39, 0.29) is 29.6 Å². The smallest absolute Gasteiger partial charge is 0.410 e. The summed E-state index contributed by atoms with van der Waals surface area (Å²) >= 11 is 12.1. The first-order valence-electron chi connectivity index (χ1n) is 11.6. The number of nitrogens with zero attached hydrogens (tertiary/aromatic N) is 1. The van der Waals surface area contributed by atoms with Gasteiger partial charge in [0, 0.05) is 25.2 Å². The van der Waals surface area contributed by atoms with Crippen molar-refractivity contribution in [3.63, 3.8) is 0 Å². The third-order valence-corrected chi connectivity index (χ3v) is 7.28. The SMILES string of the molecule is O=C(O)C[C@H]1CC[C@H](OC(=O)N2CCc3cc(NC(=O)Nc4cccc(Cl)c4Cl)ccc3C2)CC1. The van der Waals surface area contributed by atoms with Crippen molar-refractivity contribution in [2.45, 2.75) is 51.2 Å². The average Bonchev–Trinajstić information content (AvgIpc) is 2.82. The molecule has 3 N–H and O–H groups in total. The lowest BCUT2D eigenvalue weighted by Crippen LogP contribution is -2.39. The van der Waals surface area contributed by atoms with Crippen LogP contribution in [0.1, 0.15) is 43.2 Å². The van der Waals surface area contributed by atoms with Crippen LogP contribution in [0.4, 0.5) is 21.0 Å². The van der Waals surface area contributed by atoms with Crippen LogP contribution in [0.15, 0.2) is 36.4 Å². The van der Waals surface area contributed by atoms with Gasteiger partial charge in [0.25, 0.3) is 0 Å². The highest BCUT2D eigenvalue weighted by molar-refractivity contribution is 6.44. The molecule has 0 saturated heterocycles. The Morgan fingerprint density at radius 1 is 1.03 bits per heavy atom. The predicted octanol–water partition coefficient (Wildman–Crippen LogP) is 6.17. The van der Waals surface area contributed by atoms with Gasteiger partial charge in [0.15, 0.2) is 0 Å². The first-order valence-corrected chi connectivity index (χ1v) is 12.3. The highest BCUT2D eigenvalue weighted by Gasteiger charge is 2.28. The maximum absolute atomic E-state index is 12.7. The number of benzene rings is 2. The molecule has 35 heavy (non-hydrogen) atoms. The van der Waals surface area contributed by atoms with Crippen molar-refractivity contribution in [1.29, 1.82) is 0 Å². The van der Waals surface area contributed by atoms with Crippen LogP contribution in [0.25, 0.3) is 0 Å². The quantitative estimate of drug-likeness (QED) is 0.437. The Hall–Kier alpha value is -2.97. The summed E-state index contributed by atoms with van der Waals surface area (Å²) in [6, 6.07) is 10.2.